The molecule has 1 aliphatic rings. The molecule has 0 radical (unpaired) electrons. The smallest absolute Gasteiger partial charge is 0.221 e. The molecule has 0 aromatic carbocycles. The minimum absolute atomic E-state index is 0.200. The van der Waals surface area contributed by atoms with Crippen LogP contribution in [0.2, 0.25) is 0 Å². The van der Waals surface area contributed by atoms with Crippen molar-refractivity contribution >= 4 is 5.91 Å². The highest BCUT2D eigenvalue weighted by Crippen LogP contribution is 2.36. The first-order valence-electron chi connectivity index (χ1n) is 5.83. The Morgan fingerprint density at radius 3 is 2.60 bits per heavy atom. The van der Waals surface area contributed by atoms with E-state index in [2.05, 4.69) is 19.2 Å². The summed E-state index contributed by atoms with van der Waals surface area (Å²) in [6.45, 7) is 5.39. The van der Waals surface area contributed by atoms with Crippen LogP contribution in [0.5, 0.6) is 0 Å². The van der Waals surface area contributed by atoms with Gasteiger partial charge in [-0.05, 0) is 38.8 Å². The molecular weight excluding hydrogens is 188 g/mol. The van der Waals surface area contributed by atoms with Crippen LogP contribution in [0.25, 0.3) is 0 Å². The van der Waals surface area contributed by atoms with E-state index in [1.807, 2.05) is 19.0 Å². The van der Waals surface area contributed by atoms with Crippen molar-refractivity contribution in [3.63, 3.8) is 0 Å². The second-order valence-corrected chi connectivity index (χ2v) is 5.72. The van der Waals surface area contributed by atoms with Gasteiger partial charge in [-0.2, -0.15) is 0 Å². The third-order valence-electron chi connectivity index (χ3n) is 3.12. The standard InChI is InChI=1S/C12H24N2O/c1-12(2)7-5-10(9-12)13-11(15)6-8-14(3)4/h10H,5-9H2,1-4H3,(H,13,15). The van der Waals surface area contributed by atoms with Gasteiger partial charge >= 0.3 is 0 Å². The van der Waals surface area contributed by atoms with Crippen LogP contribution < -0.4 is 5.32 Å². The zero-order valence-corrected chi connectivity index (χ0v) is 10.5. The Labute approximate surface area is 93.2 Å². The van der Waals surface area contributed by atoms with Crippen molar-refractivity contribution in [1.82, 2.24) is 10.2 Å². The fourth-order valence-electron chi connectivity index (χ4n) is 2.18. The quantitative estimate of drug-likeness (QED) is 0.768. The van der Waals surface area contributed by atoms with Crippen LogP contribution >= 0.6 is 0 Å². The summed E-state index contributed by atoms with van der Waals surface area (Å²) in [4.78, 5) is 13.6. The molecule has 1 fully saturated rings. The zero-order chi connectivity index (χ0) is 11.5. The highest BCUT2D eigenvalue weighted by atomic mass is 16.1. The van der Waals surface area contributed by atoms with Crippen molar-refractivity contribution in [1.29, 1.82) is 0 Å². The van der Waals surface area contributed by atoms with E-state index >= 15 is 0 Å². The zero-order valence-electron chi connectivity index (χ0n) is 10.5. The Kier molecular flexibility index (Phi) is 4.14. The summed E-state index contributed by atoms with van der Waals surface area (Å²) in [6, 6.07) is 0.412. The molecule has 0 heterocycles. The molecule has 15 heavy (non-hydrogen) atoms. The highest BCUT2D eigenvalue weighted by Gasteiger charge is 2.31. The van der Waals surface area contributed by atoms with Crippen LogP contribution in [0.1, 0.15) is 39.5 Å². The normalized spacial score (nSPS) is 24.5. The first kappa shape index (κ1) is 12.5. The molecule has 1 unspecified atom stereocenters. The van der Waals surface area contributed by atoms with Gasteiger partial charge < -0.3 is 10.2 Å². The fraction of sp³-hybridized carbons (Fsp3) is 0.917. The van der Waals surface area contributed by atoms with Crippen LogP contribution in [-0.4, -0.2) is 37.5 Å². The van der Waals surface area contributed by atoms with E-state index in [0.717, 1.165) is 19.4 Å². The van der Waals surface area contributed by atoms with Crippen LogP contribution in [0, 0.1) is 5.41 Å². The van der Waals surface area contributed by atoms with Gasteiger partial charge in [0.15, 0.2) is 0 Å². The third kappa shape index (κ3) is 4.65. The van der Waals surface area contributed by atoms with Crippen molar-refractivity contribution < 1.29 is 4.79 Å². The summed E-state index contributed by atoms with van der Waals surface area (Å²) in [5, 5.41) is 3.12. The fourth-order valence-corrected chi connectivity index (χ4v) is 2.18. The van der Waals surface area contributed by atoms with E-state index in [0.29, 0.717) is 17.9 Å². The van der Waals surface area contributed by atoms with Gasteiger partial charge in [-0.25, -0.2) is 0 Å². The molecule has 1 atom stereocenters. The Bertz CT molecular complexity index is 224. The van der Waals surface area contributed by atoms with Crippen LogP contribution in [0.4, 0.5) is 0 Å². The predicted octanol–water partition coefficient (Wildman–Crippen LogP) is 1.63. The lowest BCUT2D eigenvalue weighted by Gasteiger charge is -2.18. The van der Waals surface area contributed by atoms with E-state index < -0.39 is 0 Å². The van der Waals surface area contributed by atoms with Gasteiger partial charge in [0.05, 0.1) is 0 Å². The van der Waals surface area contributed by atoms with Gasteiger partial charge in [-0.3, -0.25) is 4.79 Å². The van der Waals surface area contributed by atoms with Crippen LogP contribution in [0.15, 0.2) is 0 Å². The van der Waals surface area contributed by atoms with Gasteiger partial charge in [0, 0.05) is 19.0 Å². The number of hydrogen-bond donors (Lipinski definition) is 1. The van der Waals surface area contributed by atoms with Crippen molar-refractivity contribution in [2.75, 3.05) is 20.6 Å². The number of carbonyl (C=O) groups is 1. The van der Waals surface area contributed by atoms with Gasteiger partial charge in [0.25, 0.3) is 0 Å². The average Bonchev–Trinajstić information content (AvgIpc) is 2.42. The molecule has 1 aliphatic carbocycles. The lowest BCUT2D eigenvalue weighted by atomic mass is 9.92. The maximum Gasteiger partial charge on any atom is 0.221 e. The first-order chi connectivity index (χ1) is 6.89. The Balaban J connectivity index is 2.22. The van der Waals surface area contributed by atoms with E-state index in [1.165, 1.54) is 6.42 Å². The maximum absolute atomic E-state index is 11.6. The molecule has 0 bridgehead atoms. The molecule has 0 aromatic heterocycles. The van der Waals surface area contributed by atoms with E-state index in [-0.39, 0.29) is 5.91 Å². The number of rotatable bonds is 4. The maximum atomic E-state index is 11.6. The molecule has 1 saturated carbocycles. The van der Waals surface area contributed by atoms with Crippen molar-refractivity contribution in [3.8, 4) is 0 Å². The number of amides is 1. The van der Waals surface area contributed by atoms with E-state index in [1.54, 1.807) is 0 Å². The van der Waals surface area contributed by atoms with Crippen molar-refractivity contribution in [2.24, 2.45) is 5.41 Å². The largest absolute Gasteiger partial charge is 0.353 e. The lowest BCUT2D eigenvalue weighted by Crippen LogP contribution is -2.35. The second-order valence-electron chi connectivity index (χ2n) is 5.72. The Morgan fingerprint density at radius 2 is 2.13 bits per heavy atom. The molecule has 0 saturated heterocycles. The van der Waals surface area contributed by atoms with Crippen LogP contribution in [-0.2, 0) is 4.79 Å². The van der Waals surface area contributed by atoms with Gasteiger partial charge in [0.1, 0.15) is 0 Å². The average molecular weight is 212 g/mol. The number of hydrogen-bond acceptors (Lipinski definition) is 2. The van der Waals surface area contributed by atoms with E-state index in [9.17, 15) is 4.79 Å². The Morgan fingerprint density at radius 1 is 1.47 bits per heavy atom. The topological polar surface area (TPSA) is 32.3 Å². The number of carbonyl (C=O) groups excluding carboxylic acids is 1. The molecule has 1 amide bonds. The second kappa shape index (κ2) is 4.97. The Hall–Kier alpha value is -0.570. The van der Waals surface area contributed by atoms with E-state index in [4.69, 9.17) is 0 Å². The highest BCUT2D eigenvalue weighted by molar-refractivity contribution is 5.76. The number of nitrogens with zero attached hydrogens (tertiary/aromatic N) is 1. The minimum atomic E-state index is 0.200. The van der Waals surface area contributed by atoms with Crippen molar-refractivity contribution in [2.45, 2.75) is 45.6 Å². The van der Waals surface area contributed by atoms with Gasteiger partial charge in [-0.1, -0.05) is 13.8 Å². The monoisotopic (exact) mass is 212 g/mol. The van der Waals surface area contributed by atoms with Gasteiger partial charge in [0.2, 0.25) is 5.91 Å². The minimum Gasteiger partial charge on any atom is -0.353 e. The molecule has 3 heteroatoms. The first-order valence-corrected chi connectivity index (χ1v) is 5.83. The molecule has 0 aromatic rings. The summed E-state index contributed by atoms with van der Waals surface area (Å²) < 4.78 is 0. The summed E-state index contributed by atoms with van der Waals surface area (Å²) in [7, 11) is 3.98. The number of nitrogens with one attached hydrogen (secondary N) is 1. The molecule has 0 aliphatic heterocycles. The molecule has 88 valence electrons. The summed E-state index contributed by atoms with van der Waals surface area (Å²) in [5.74, 6) is 0.200. The SMILES string of the molecule is CN(C)CCC(=O)NC1CCC(C)(C)C1. The lowest BCUT2D eigenvalue weighted by molar-refractivity contribution is -0.122. The van der Waals surface area contributed by atoms with Crippen LogP contribution in [0.3, 0.4) is 0 Å². The molecular formula is C12H24N2O. The summed E-state index contributed by atoms with van der Waals surface area (Å²) in [6.07, 6.45) is 4.11. The van der Waals surface area contributed by atoms with Gasteiger partial charge in [-0.15, -0.1) is 0 Å². The summed E-state index contributed by atoms with van der Waals surface area (Å²) >= 11 is 0. The molecule has 1 rings (SSSR count). The summed E-state index contributed by atoms with van der Waals surface area (Å²) in [5.41, 5.74) is 0.416. The molecule has 0 spiro atoms. The molecule has 1 N–H and O–H groups in total. The molecule has 3 nitrogen and oxygen atoms in total. The van der Waals surface area contributed by atoms with Crippen molar-refractivity contribution in [3.05, 3.63) is 0 Å². The third-order valence-corrected chi connectivity index (χ3v) is 3.12. The predicted molar refractivity (Wildman–Crippen MR) is 62.7 cm³/mol.